The monoisotopic (exact) mass is 441 g/mol. The molecule has 0 aliphatic carbocycles. The minimum Gasteiger partial charge on any atom is -0.310 e. The number of likely N-dealkylation sites (N-methyl/N-ethyl adjacent to an activating group) is 1. The van der Waals surface area contributed by atoms with E-state index in [0.717, 1.165) is 13.0 Å². The quantitative estimate of drug-likeness (QED) is 0.239. The first kappa shape index (κ1) is 23.3. The van der Waals surface area contributed by atoms with E-state index in [1.54, 1.807) is 0 Å². The van der Waals surface area contributed by atoms with Crippen molar-refractivity contribution >= 4 is 23.8 Å². The Morgan fingerprint density at radius 2 is 1.28 bits per heavy atom. The van der Waals surface area contributed by atoms with E-state index in [0.29, 0.717) is 0 Å². The fourth-order valence-electron chi connectivity index (χ4n) is 3.12. The summed E-state index contributed by atoms with van der Waals surface area (Å²) in [7, 11) is 3.80. The number of nitrogens with zero attached hydrogens (tertiary/aromatic N) is 1. The summed E-state index contributed by atoms with van der Waals surface area (Å²) in [6.45, 7) is 1.09. The van der Waals surface area contributed by atoms with Crippen LogP contribution in [0.2, 0.25) is 0 Å². The minimum atomic E-state index is -0.479. The van der Waals surface area contributed by atoms with Gasteiger partial charge < -0.3 is 4.90 Å². The topological polar surface area (TPSA) is 3.24 Å². The summed E-state index contributed by atoms with van der Waals surface area (Å²) in [4.78, 5) is 2.25. The molecule has 0 atom stereocenters. The summed E-state index contributed by atoms with van der Waals surface area (Å²) in [5.74, 6) is 0. The van der Waals surface area contributed by atoms with Crippen molar-refractivity contribution in [3.05, 3.63) is 115 Å². The third-order valence-corrected chi connectivity index (χ3v) is 7.08. The van der Waals surface area contributed by atoms with E-state index in [2.05, 4.69) is 97.9 Å². The Morgan fingerprint density at radius 1 is 0.724 bits per heavy atom. The van der Waals surface area contributed by atoms with Crippen LogP contribution in [-0.4, -0.2) is 25.5 Å². The van der Waals surface area contributed by atoms with Gasteiger partial charge in [-0.1, -0.05) is 67.1 Å². The molecule has 0 saturated carbocycles. The number of benzene rings is 2. The number of rotatable bonds is 6. The van der Waals surface area contributed by atoms with Crippen molar-refractivity contribution in [2.45, 2.75) is 6.42 Å². The van der Waals surface area contributed by atoms with Gasteiger partial charge in [-0.05, 0) is 39.2 Å². The van der Waals surface area contributed by atoms with E-state index in [4.69, 9.17) is 0 Å². The molecule has 0 aliphatic heterocycles. The molecular weight excluding hydrogens is 413 g/mol. The third kappa shape index (κ3) is 7.10. The van der Waals surface area contributed by atoms with Gasteiger partial charge in [0.2, 0.25) is 0 Å². The van der Waals surface area contributed by atoms with E-state index in [1.165, 1.54) is 21.5 Å². The summed E-state index contributed by atoms with van der Waals surface area (Å²) < 4.78 is 0. The van der Waals surface area contributed by atoms with Gasteiger partial charge in [0.15, 0.2) is 0 Å². The van der Waals surface area contributed by atoms with Crippen LogP contribution in [0.4, 0.5) is 0 Å². The maximum absolute atomic E-state index is 2.32. The second kappa shape index (κ2) is 12.6. The van der Waals surface area contributed by atoms with Crippen LogP contribution in [0, 0.1) is 0 Å². The maximum Gasteiger partial charge on any atom is 2.00 e. The second-order valence-electron chi connectivity index (χ2n) is 6.96. The first-order valence-electron chi connectivity index (χ1n) is 9.72. The molecular formula is C26H28FeNP. The molecule has 1 nitrogen and oxygen atoms in total. The fourth-order valence-corrected chi connectivity index (χ4v) is 5.63. The molecule has 3 heteroatoms. The van der Waals surface area contributed by atoms with Crippen LogP contribution >= 0.6 is 7.92 Å². The molecule has 150 valence electrons. The van der Waals surface area contributed by atoms with Crippen molar-refractivity contribution in [1.29, 1.82) is 0 Å². The van der Waals surface area contributed by atoms with Gasteiger partial charge in [0.1, 0.15) is 0 Å². The fraction of sp³-hybridized carbons (Fsp3) is 0.154. The molecule has 4 aromatic carbocycles. The molecule has 0 saturated heterocycles. The van der Waals surface area contributed by atoms with Crippen molar-refractivity contribution in [3.63, 3.8) is 0 Å². The summed E-state index contributed by atoms with van der Waals surface area (Å²) in [6.07, 6.45) is 1.10. The average Bonchev–Trinajstić information content (AvgIpc) is 3.44. The summed E-state index contributed by atoms with van der Waals surface area (Å²) in [6, 6.07) is 38.7. The van der Waals surface area contributed by atoms with Crippen LogP contribution in [0.1, 0.15) is 5.56 Å². The molecule has 0 bridgehead atoms. The third-order valence-electron chi connectivity index (χ3n) is 4.53. The maximum atomic E-state index is 2.32. The Bertz CT molecular complexity index is 842. The van der Waals surface area contributed by atoms with Crippen molar-refractivity contribution in [3.8, 4) is 0 Å². The normalized spacial score (nSPS) is 10.3. The molecule has 0 amide bonds. The Labute approximate surface area is 187 Å². The number of hydrogen-bond acceptors (Lipinski definition) is 1. The molecule has 0 aromatic heterocycles. The van der Waals surface area contributed by atoms with Gasteiger partial charge in [-0.2, -0.15) is 35.9 Å². The molecule has 0 radical (unpaired) electrons. The molecule has 0 unspecified atom stereocenters. The Kier molecular flexibility index (Phi) is 10.1. The van der Waals surface area contributed by atoms with Crippen LogP contribution < -0.4 is 15.9 Å². The predicted octanol–water partition coefficient (Wildman–Crippen LogP) is 4.67. The predicted molar refractivity (Wildman–Crippen MR) is 125 cm³/mol. The summed E-state index contributed by atoms with van der Waals surface area (Å²) >= 11 is 0. The zero-order valence-electron chi connectivity index (χ0n) is 17.1. The molecule has 4 rings (SSSR count). The average molecular weight is 441 g/mol. The molecule has 0 N–H and O–H groups in total. The molecule has 0 fully saturated rings. The van der Waals surface area contributed by atoms with E-state index in [-0.39, 0.29) is 17.1 Å². The van der Waals surface area contributed by atoms with E-state index in [1.807, 2.05) is 30.3 Å². The van der Waals surface area contributed by atoms with Crippen molar-refractivity contribution in [2.24, 2.45) is 0 Å². The minimum absolute atomic E-state index is 0. The molecule has 0 aliphatic rings. The van der Waals surface area contributed by atoms with Crippen LogP contribution in [-0.2, 0) is 23.5 Å². The SMILES string of the molecule is CN(C)CCc1cc[cH-]c1P(c1ccccc1)c1ccccc1.[Fe+2].c1cc[cH-]c1. The summed E-state index contributed by atoms with van der Waals surface area (Å²) in [5, 5.41) is 4.34. The van der Waals surface area contributed by atoms with Gasteiger partial charge in [0.25, 0.3) is 0 Å². The largest absolute Gasteiger partial charge is 2.00 e. The van der Waals surface area contributed by atoms with Crippen LogP contribution in [0.15, 0.2) is 109 Å². The molecule has 29 heavy (non-hydrogen) atoms. The second-order valence-corrected chi connectivity index (χ2v) is 9.14. The first-order valence-corrected chi connectivity index (χ1v) is 11.1. The molecule has 0 spiro atoms. The van der Waals surface area contributed by atoms with Gasteiger partial charge >= 0.3 is 17.1 Å². The molecule has 4 aromatic rings. The molecule has 0 heterocycles. The van der Waals surface area contributed by atoms with Crippen LogP contribution in [0.5, 0.6) is 0 Å². The van der Waals surface area contributed by atoms with Gasteiger partial charge in [-0.15, -0.1) is 5.30 Å². The van der Waals surface area contributed by atoms with Gasteiger partial charge in [-0.25, -0.2) is 18.2 Å². The Balaban J connectivity index is 0.000000437. The Hall–Kier alpha value is -1.95. The first-order chi connectivity index (χ1) is 13.8. The van der Waals surface area contributed by atoms with E-state index < -0.39 is 7.92 Å². The van der Waals surface area contributed by atoms with Crippen LogP contribution in [0.3, 0.4) is 0 Å². The van der Waals surface area contributed by atoms with E-state index in [9.17, 15) is 0 Å². The summed E-state index contributed by atoms with van der Waals surface area (Å²) in [5.41, 5.74) is 1.48. The van der Waals surface area contributed by atoms with Crippen LogP contribution in [0.25, 0.3) is 0 Å². The van der Waals surface area contributed by atoms with Gasteiger partial charge in [0, 0.05) is 0 Å². The van der Waals surface area contributed by atoms with E-state index >= 15 is 0 Å². The smallest absolute Gasteiger partial charge is 0.310 e. The zero-order valence-corrected chi connectivity index (χ0v) is 19.1. The zero-order chi connectivity index (χ0) is 19.6. The van der Waals surface area contributed by atoms with Gasteiger partial charge in [-0.3, -0.25) is 0 Å². The standard InChI is InChI=1S/C21H23NP.C5H5.Fe/c1-22(2)17-16-18-10-9-15-21(18)23(19-11-5-3-6-12-19)20-13-7-4-8-14-20;1-2-4-5-3-1;/h3-15H,16-17H2,1-2H3;1-5H;/q2*-1;+2. The number of hydrogen-bond donors (Lipinski definition) is 0. The van der Waals surface area contributed by atoms with Crippen molar-refractivity contribution in [1.82, 2.24) is 4.90 Å². The van der Waals surface area contributed by atoms with Crippen molar-refractivity contribution < 1.29 is 17.1 Å². The Morgan fingerprint density at radius 3 is 1.72 bits per heavy atom. The van der Waals surface area contributed by atoms with Crippen molar-refractivity contribution in [2.75, 3.05) is 20.6 Å². The van der Waals surface area contributed by atoms with Gasteiger partial charge in [0.05, 0.1) is 0 Å².